The summed E-state index contributed by atoms with van der Waals surface area (Å²) in [6.45, 7) is 4.35. The molecule has 0 radical (unpaired) electrons. The highest BCUT2D eigenvalue weighted by molar-refractivity contribution is 5.92. The number of rotatable bonds is 3. The molecule has 1 aliphatic heterocycles. The van der Waals surface area contributed by atoms with Crippen molar-refractivity contribution >= 4 is 11.0 Å². The van der Waals surface area contributed by atoms with Crippen molar-refractivity contribution in [1.29, 1.82) is 0 Å². The van der Waals surface area contributed by atoms with Gasteiger partial charge in [0.25, 0.3) is 0 Å². The molecule has 0 amide bonds. The lowest BCUT2D eigenvalue weighted by molar-refractivity contribution is 0.256. The quantitative estimate of drug-likeness (QED) is 0.567. The van der Waals surface area contributed by atoms with E-state index in [9.17, 15) is 4.79 Å². The summed E-state index contributed by atoms with van der Waals surface area (Å²) in [5, 5.41) is 4.05. The Morgan fingerprint density at radius 3 is 2.93 bits per heavy atom. The minimum atomic E-state index is -0.305. The monoisotopic (exact) mass is 377 g/mol. The lowest BCUT2D eigenvalue weighted by atomic mass is 9.99. The van der Waals surface area contributed by atoms with Gasteiger partial charge in [-0.2, -0.15) is 0 Å². The Morgan fingerprint density at radius 1 is 1.32 bits per heavy atom. The topological polar surface area (TPSA) is 112 Å². The van der Waals surface area contributed by atoms with Crippen molar-refractivity contribution in [3.63, 3.8) is 0 Å². The molecule has 4 aromatic rings. The molecule has 142 valence electrons. The summed E-state index contributed by atoms with van der Waals surface area (Å²) in [4.78, 5) is 20.1. The Labute approximate surface area is 159 Å². The molecule has 28 heavy (non-hydrogen) atoms. The first-order valence-corrected chi connectivity index (χ1v) is 9.07. The maximum absolute atomic E-state index is 12.8. The molecule has 0 saturated heterocycles. The van der Waals surface area contributed by atoms with Crippen molar-refractivity contribution in [2.45, 2.75) is 26.4 Å². The van der Waals surface area contributed by atoms with Crippen LogP contribution in [0.25, 0.3) is 22.2 Å². The average molecular weight is 377 g/mol. The predicted octanol–water partition coefficient (Wildman–Crippen LogP) is 2.44. The van der Waals surface area contributed by atoms with E-state index in [4.69, 9.17) is 15.0 Å². The second-order valence-corrected chi connectivity index (χ2v) is 6.91. The number of pyridine rings is 1. The first-order valence-electron chi connectivity index (χ1n) is 9.07. The molecule has 1 unspecified atom stereocenters. The Bertz CT molecular complexity index is 1250. The SMILES string of the molecule is Cc1noc(C)c1-c1ccc2[nH]c(=O)n3c2c1OCC3c1cccnc1CN. The van der Waals surface area contributed by atoms with Crippen LogP contribution in [0.1, 0.15) is 28.8 Å². The highest BCUT2D eigenvalue weighted by Crippen LogP contribution is 2.43. The van der Waals surface area contributed by atoms with E-state index in [1.54, 1.807) is 10.8 Å². The van der Waals surface area contributed by atoms with Gasteiger partial charge in [-0.05, 0) is 32.0 Å². The number of aromatic amines is 1. The molecule has 0 spiro atoms. The first kappa shape index (κ1) is 16.8. The average Bonchev–Trinajstić information content (AvgIpc) is 3.23. The molecule has 0 bridgehead atoms. The van der Waals surface area contributed by atoms with Crippen molar-refractivity contribution in [2.75, 3.05) is 6.61 Å². The zero-order chi connectivity index (χ0) is 19.4. The maximum Gasteiger partial charge on any atom is 0.327 e. The summed E-state index contributed by atoms with van der Waals surface area (Å²) in [5.41, 5.74) is 11.3. The van der Waals surface area contributed by atoms with Crippen molar-refractivity contribution in [2.24, 2.45) is 5.73 Å². The highest BCUT2D eigenvalue weighted by atomic mass is 16.5. The zero-order valence-corrected chi connectivity index (χ0v) is 15.5. The first-order chi connectivity index (χ1) is 13.6. The molecule has 4 heterocycles. The van der Waals surface area contributed by atoms with Crippen LogP contribution in [0.4, 0.5) is 0 Å². The molecule has 0 fully saturated rings. The van der Waals surface area contributed by atoms with Crippen LogP contribution in [0.5, 0.6) is 5.75 Å². The fraction of sp³-hybridized carbons (Fsp3) is 0.250. The van der Waals surface area contributed by atoms with E-state index in [1.807, 2.05) is 38.1 Å². The van der Waals surface area contributed by atoms with Crippen LogP contribution in [-0.2, 0) is 6.54 Å². The number of nitrogens with two attached hydrogens (primary N) is 1. The minimum absolute atomic E-state index is 0.188. The van der Waals surface area contributed by atoms with Gasteiger partial charge in [-0.25, -0.2) is 4.79 Å². The van der Waals surface area contributed by atoms with E-state index < -0.39 is 0 Å². The third-order valence-corrected chi connectivity index (χ3v) is 5.31. The maximum atomic E-state index is 12.8. The number of benzene rings is 1. The normalized spacial score (nSPS) is 15.8. The van der Waals surface area contributed by atoms with Crippen LogP contribution in [-0.4, -0.2) is 26.3 Å². The number of aromatic nitrogens is 4. The van der Waals surface area contributed by atoms with Gasteiger partial charge in [0.05, 0.1) is 28.5 Å². The summed E-state index contributed by atoms with van der Waals surface area (Å²) in [7, 11) is 0. The van der Waals surface area contributed by atoms with Crippen molar-refractivity contribution in [3.8, 4) is 16.9 Å². The van der Waals surface area contributed by atoms with Gasteiger partial charge in [-0.3, -0.25) is 9.55 Å². The number of hydrogen-bond donors (Lipinski definition) is 2. The van der Waals surface area contributed by atoms with Crippen molar-refractivity contribution < 1.29 is 9.26 Å². The number of ether oxygens (including phenoxy) is 1. The van der Waals surface area contributed by atoms with Gasteiger partial charge in [-0.1, -0.05) is 11.2 Å². The number of imidazole rings is 1. The molecule has 1 aliphatic rings. The molecule has 8 heteroatoms. The standard InChI is InChI=1S/C20H19N5O3/c1-10-17(11(2)28-24-10)13-5-6-14-18-19(13)27-9-16(25(18)20(26)23-14)12-4-3-7-22-15(12)8-21/h3-7,16H,8-9,21H2,1-2H3,(H,23,26). The summed E-state index contributed by atoms with van der Waals surface area (Å²) in [6, 6.07) is 7.30. The number of aryl methyl sites for hydroxylation is 2. The second kappa shape index (κ2) is 6.07. The van der Waals surface area contributed by atoms with Gasteiger partial charge in [0.15, 0.2) is 5.75 Å². The smallest absolute Gasteiger partial charge is 0.327 e. The molecule has 5 rings (SSSR count). The number of nitrogens with zero attached hydrogens (tertiary/aromatic N) is 3. The Kier molecular flexibility index (Phi) is 3.63. The molecular formula is C20H19N5O3. The lowest BCUT2D eigenvalue weighted by Gasteiger charge is -2.27. The zero-order valence-electron chi connectivity index (χ0n) is 15.5. The summed E-state index contributed by atoms with van der Waals surface area (Å²) < 4.78 is 13.3. The van der Waals surface area contributed by atoms with E-state index in [0.717, 1.165) is 39.1 Å². The Hall–Kier alpha value is -3.39. The van der Waals surface area contributed by atoms with Crippen LogP contribution in [0.2, 0.25) is 0 Å². The minimum Gasteiger partial charge on any atom is -0.488 e. The fourth-order valence-corrected chi connectivity index (χ4v) is 4.09. The van der Waals surface area contributed by atoms with Gasteiger partial charge < -0.3 is 20.0 Å². The van der Waals surface area contributed by atoms with E-state index in [1.165, 1.54) is 0 Å². The second-order valence-electron chi connectivity index (χ2n) is 6.91. The fourth-order valence-electron chi connectivity index (χ4n) is 4.09. The van der Waals surface area contributed by atoms with E-state index >= 15 is 0 Å². The molecule has 3 N–H and O–H groups in total. The lowest BCUT2D eigenvalue weighted by Crippen LogP contribution is -2.31. The summed E-state index contributed by atoms with van der Waals surface area (Å²) in [6.07, 6.45) is 1.70. The van der Waals surface area contributed by atoms with Crippen LogP contribution in [0.3, 0.4) is 0 Å². The molecule has 1 atom stereocenters. The Balaban J connectivity index is 1.79. The van der Waals surface area contributed by atoms with Crippen LogP contribution in [0.15, 0.2) is 39.8 Å². The third kappa shape index (κ3) is 2.24. The molecular weight excluding hydrogens is 358 g/mol. The van der Waals surface area contributed by atoms with Gasteiger partial charge in [0, 0.05) is 23.9 Å². The highest BCUT2D eigenvalue weighted by Gasteiger charge is 2.31. The van der Waals surface area contributed by atoms with Gasteiger partial charge in [0.1, 0.15) is 17.9 Å². The van der Waals surface area contributed by atoms with Gasteiger partial charge in [0.2, 0.25) is 0 Å². The molecule has 8 nitrogen and oxygen atoms in total. The van der Waals surface area contributed by atoms with Crippen LogP contribution >= 0.6 is 0 Å². The van der Waals surface area contributed by atoms with E-state index in [0.29, 0.717) is 24.7 Å². The van der Waals surface area contributed by atoms with Crippen LogP contribution < -0.4 is 16.2 Å². The third-order valence-electron chi connectivity index (χ3n) is 5.31. The molecule has 0 saturated carbocycles. The van der Waals surface area contributed by atoms with Crippen molar-refractivity contribution in [3.05, 3.63) is 63.7 Å². The van der Waals surface area contributed by atoms with Gasteiger partial charge in [-0.15, -0.1) is 0 Å². The molecule has 3 aromatic heterocycles. The largest absolute Gasteiger partial charge is 0.488 e. The molecule has 0 aliphatic carbocycles. The van der Waals surface area contributed by atoms with E-state index in [-0.39, 0.29) is 11.7 Å². The summed E-state index contributed by atoms with van der Waals surface area (Å²) in [5.74, 6) is 1.36. The predicted molar refractivity (Wildman–Crippen MR) is 103 cm³/mol. The Morgan fingerprint density at radius 2 is 2.18 bits per heavy atom. The van der Waals surface area contributed by atoms with Crippen LogP contribution in [0, 0.1) is 13.8 Å². The number of hydrogen-bond acceptors (Lipinski definition) is 6. The van der Waals surface area contributed by atoms with Crippen molar-refractivity contribution in [1.82, 2.24) is 19.7 Å². The number of H-pyrrole nitrogens is 1. The summed E-state index contributed by atoms with van der Waals surface area (Å²) >= 11 is 0. The molecule has 1 aromatic carbocycles. The van der Waals surface area contributed by atoms with E-state index in [2.05, 4.69) is 15.1 Å². The van der Waals surface area contributed by atoms with Gasteiger partial charge >= 0.3 is 5.69 Å². The number of nitrogens with one attached hydrogen (secondary N) is 1.